The molecule has 0 spiro atoms. The van der Waals surface area contributed by atoms with Crippen LogP contribution in [0.1, 0.15) is 0 Å². The van der Waals surface area contributed by atoms with E-state index in [9.17, 15) is 0 Å². The summed E-state index contributed by atoms with van der Waals surface area (Å²) >= 11 is 0. The van der Waals surface area contributed by atoms with E-state index in [1.807, 2.05) is 0 Å². The second kappa shape index (κ2) is 13.0. The Hall–Kier alpha value is -6.96. The fourth-order valence-corrected chi connectivity index (χ4v) is 7.87. The normalized spacial score (nSPS) is 11.4. The minimum Gasteiger partial charge on any atom is -0.310 e. The first-order valence-electron chi connectivity index (χ1n) is 18.2. The largest absolute Gasteiger partial charge is 0.310 e. The van der Waals surface area contributed by atoms with Gasteiger partial charge in [0.15, 0.2) is 0 Å². The zero-order chi connectivity index (χ0) is 35.1. The summed E-state index contributed by atoms with van der Waals surface area (Å²) in [6.07, 6.45) is 0. The Morgan fingerprint density at radius 2 is 0.717 bits per heavy atom. The molecule has 0 aliphatic carbocycles. The van der Waals surface area contributed by atoms with Crippen molar-refractivity contribution in [3.05, 3.63) is 212 Å². The van der Waals surface area contributed by atoms with E-state index >= 15 is 0 Å². The molecule has 1 heteroatoms. The van der Waals surface area contributed by atoms with Crippen LogP contribution in [-0.2, 0) is 0 Å². The van der Waals surface area contributed by atoms with Gasteiger partial charge in [-0.1, -0.05) is 164 Å². The lowest BCUT2D eigenvalue weighted by atomic mass is 9.95. The predicted octanol–water partition coefficient (Wildman–Crippen LogP) is 14.8. The molecular formula is C52H35N. The zero-order valence-corrected chi connectivity index (χ0v) is 29.2. The van der Waals surface area contributed by atoms with Gasteiger partial charge in [0.05, 0.1) is 0 Å². The highest BCUT2D eigenvalue weighted by atomic mass is 15.1. The highest BCUT2D eigenvalue weighted by Gasteiger charge is 2.15. The molecule has 0 fully saturated rings. The molecule has 0 aliphatic rings. The van der Waals surface area contributed by atoms with Crippen LogP contribution in [0.15, 0.2) is 212 Å². The SMILES string of the molecule is c1ccc(-c2cccc3ccc(-c4ccc(N(c5ccc(-c6ccc7ccccc7c6)cc5)c5ccc6ccc7ccccc7c6c5)cc4)cc23)cc1. The van der Waals surface area contributed by atoms with Gasteiger partial charge in [-0.2, -0.15) is 0 Å². The Morgan fingerprint density at radius 3 is 1.45 bits per heavy atom. The second-order valence-electron chi connectivity index (χ2n) is 13.8. The second-order valence-corrected chi connectivity index (χ2v) is 13.8. The third kappa shape index (κ3) is 5.69. The molecule has 248 valence electrons. The smallest absolute Gasteiger partial charge is 0.0468 e. The Balaban J connectivity index is 1.07. The van der Waals surface area contributed by atoms with Crippen molar-refractivity contribution in [1.82, 2.24) is 0 Å². The molecule has 0 unspecified atom stereocenters. The summed E-state index contributed by atoms with van der Waals surface area (Å²) in [6, 6.07) is 77.3. The third-order valence-corrected chi connectivity index (χ3v) is 10.6. The number of fused-ring (bicyclic) bond motifs is 5. The predicted molar refractivity (Wildman–Crippen MR) is 227 cm³/mol. The molecular weight excluding hydrogens is 639 g/mol. The van der Waals surface area contributed by atoms with Gasteiger partial charge in [-0.15, -0.1) is 0 Å². The summed E-state index contributed by atoms with van der Waals surface area (Å²) in [6.45, 7) is 0. The molecule has 10 aromatic rings. The van der Waals surface area contributed by atoms with E-state index < -0.39 is 0 Å². The molecule has 0 heterocycles. The molecule has 0 radical (unpaired) electrons. The van der Waals surface area contributed by atoms with Gasteiger partial charge in [0.25, 0.3) is 0 Å². The Morgan fingerprint density at radius 1 is 0.226 bits per heavy atom. The standard InChI is InChI=1S/C52H35N/c1-2-10-39(11-3-1)50-16-8-14-41-20-22-45(34-51(41)50)38-25-30-47(31-26-38)53(48-32-27-42-19-18-40-12-6-7-15-49(40)52(42)35-48)46-28-23-37(24-29-46)44-21-17-36-9-4-5-13-43(36)33-44/h1-35H. The van der Waals surface area contributed by atoms with Crippen LogP contribution in [0.25, 0.3) is 76.5 Å². The molecule has 0 aromatic heterocycles. The van der Waals surface area contributed by atoms with Crippen LogP contribution in [0.5, 0.6) is 0 Å². The molecule has 0 atom stereocenters. The fourth-order valence-electron chi connectivity index (χ4n) is 7.87. The fraction of sp³-hybridized carbons (Fsp3) is 0. The molecule has 1 nitrogen and oxygen atoms in total. The van der Waals surface area contributed by atoms with E-state index in [1.165, 1.54) is 76.5 Å². The van der Waals surface area contributed by atoms with Gasteiger partial charge in [-0.05, 0) is 125 Å². The van der Waals surface area contributed by atoms with Crippen molar-refractivity contribution in [2.24, 2.45) is 0 Å². The van der Waals surface area contributed by atoms with Crippen molar-refractivity contribution in [3.8, 4) is 33.4 Å². The summed E-state index contributed by atoms with van der Waals surface area (Å²) in [5.74, 6) is 0. The monoisotopic (exact) mass is 673 g/mol. The van der Waals surface area contributed by atoms with E-state index in [0.29, 0.717) is 0 Å². The molecule has 10 rings (SSSR count). The Bertz CT molecular complexity index is 2920. The summed E-state index contributed by atoms with van der Waals surface area (Å²) < 4.78 is 0. The van der Waals surface area contributed by atoms with Crippen molar-refractivity contribution in [2.75, 3.05) is 4.90 Å². The van der Waals surface area contributed by atoms with Crippen LogP contribution >= 0.6 is 0 Å². The quantitative estimate of drug-likeness (QED) is 0.159. The summed E-state index contributed by atoms with van der Waals surface area (Å²) in [5, 5.41) is 10.0. The lowest BCUT2D eigenvalue weighted by Crippen LogP contribution is -2.09. The minimum atomic E-state index is 1.11. The van der Waals surface area contributed by atoms with E-state index in [2.05, 4.69) is 217 Å². The van der Waals surface area contributed by atoms with Crippen LogP contribution < -0.4 is 4.90 Å². The number of rotatable bonds is 6. The van der Waals surface area contributed by atoms with E-state index in [0.717, 1.165) is 17.1 Å². The van der Waals surface area contributed by atoms with Crippen LogP contribution in [0, 0.1) is 0 Å². The maximum absolute atomic E-state index is 2.38. The van der Waals surface area contributed by atoms with Gasteiger partial charge < -0.3 is 4.90 Å². The Kier molecular flexibility index (Phi) is 7.55. The van der Waals surface area contributed by atoms with Crippen molar-refractivity contribution in [1.29, 1.82) is 0 Å². The molecule has 0 saturated carbocycles. The van der Waals surface area contributed by atoms with Gasteiger partial charge in [-0.3, -0.25) is 0 Å². The molecule has 0 bridgehead atoms. The van der Waals surface area contributed by atoms with Gasteiger partial charge in [0.1, 0.15) is 0 Å². The maximum Gasteiger partial charge on any atom is 0.0468 e. The summed E-state index contributed by atoms with van der Waals surface area (Å²) in [7, 11) is 0. The molecule has 0 amide bonds. The maximum atomic E-state index is 2.38. The van der Waals surface area contributed by atoms with Crippen molar-refractivity contribution in [2.45, 2.75) is 0 Å². The molecule has 0 aliphatic heterocycles. The first kappa shape index (κ1) is 30.8. The average Bonchev–Trinajstić information content (AvgIpc) is 3.24. The Labute approximate surface area is 309 Å². The number of benzene rings is 10. The highest BCUT2D eigenvalue weighted by Crippen LogP contribution is 2.40. The first-order chi connectivity index (χ1) is 26.2. The summed E-state index contributed by atoms with van der Waals surface area (Å²) in [5.41, 5.74) is 10.6. The van der Waals surface area contributed by atoms with Crippen LogP contribution in [0.2, 0.25) is 0 Å². The van der Waals surface area contributed by atoms with Gasteiger partial charge in [0, 0.05) is 17.1 Å². The first-order valence-corrected chi connectivity index (χ1v) is 18.2. The molecule has 53 heavy (non-hydrogen) atoms. The number of hydrogen-bond donors (Lipinski definition) is 0. The topological polar surface area (TPSA) is 3.24 Å². The van der Waals surface area contributed by atoms with E-state index in [4.69, 9.17) is 0 Å². The highest BCUT2D eigenvalue weighted by molar-refractivity contribution is 6.09. The molecule has 0 N–H and O–H groups in total. The van der Waals surface area contributed by atoms with E-state index in [-0.39, 0.29) is 0 Å². The van der Waals surface area contributed by atoms with Gasteiger partial charge in [-0.25, -0.2) is 0 Å². The minimum absolute atomic E-state index is 1.11. The zero-order valence-electron chi connectivity index (χ0n) is 29.2. The lowest BCUT2D eigenvalue weighted by molar-refractivity contribution is 1.29. The summed E-state index contributed by atoms with van der Waals surface area (Å²) in [4.78, 5) is 2.38. The van der Waals surface area contributed by atoms with Gasteiger partial charge in [0.2, 0.25) is 0 Å². The molecule has 0 saturated heterocycles. The van der Waals surface area contributed by atoms with Crippen LogP contribution in [-0.4, -0.2) is 0 Å². The molecule has 10 aromatic carbocycles. The van der Waals surface area contributed by atoms with Gasteiger partial charge >= 0.3 is 0 Å². The van der Waals surface area contributed by atoms with Crippen molar-refractivity contribution < 1.29 is 0 Å². The lowest BCUT2D eigenvalue weighted by Gasteiger charge is -2.26. The van der Waals surface area contributed by atoms with E-state index in [1.54, 1.807) is 0 Å². The van der Waals surface area contributed by atoms with Crippen molar-refractivity contribution in [3.63, 3.8) is 0 Å². The van der Waals surface area contributed by atoms with Crippen molar-refractivity contribution >= 4 is 60.2 Å². The number of nitrogens with zero attached hydrogens (tertiary/aromatic N) is 1. The average molecular weight is 674 g/mol. The van der Waals surface area contributed by atoms with Crippen LogP contribution in [0.3, 0.4) is 0 Å². The number of hydrogen-bond acceptors (Lipinski definition) is 1. The third-order valence-electron chi connectivity index (χ3n) is 10.6. The van der Waals surface area contributed by atoms with Crippen LogP contribution in [0.4, 0.5) is 17.1 Å². The number of anilines is 3.